The lowest BCUT2D eigenvalue weighted by molar-refractivity contribution is -0.123. The van der Waals surface area contributed by atoms with Crippen LogP contribution >= 0.6 is 0 Å². The van der Waals surface area contributed by atoms with Crippen LogP contribution in [0.3, 0.4) is 0 Å². The zero-order chi connectivity index (χ0) is 23.3. The van der Waals surface area contributed by atoms with Crippen molar-refractivity contribution >= 4 is 23.2 Å². The fraction of sp³-hybridized carbons (Fsp3) is 0.500. The maximum atomic E-state index is 12.5. The summed E-state index contributed by atoms with van der Waals surface area (Å²) in [7, 11) is 0. The summed E-state index contributed by atoms with van der Waals surface area (Å²) < 4.78 is 5.80. The first-order valence-corrected chi connectivity index (χ1v) is 12.4. The van der Waals surface area contributed by atoms with Crippen molar-refractivity contribution in [1.82, 2.24) is 15.2 Å². The molecule has 7 rings (SSSR count). The van der Waals surface area contributed by atoms with Crippen LogP contribution in [-0.2, 0) is 11.3 Å². The lowest BCUT2D eigenvalue weighted by Gasteiger charge is -2.61. The molecule has 3 saturated carbocycles. The van der Waals surface area contributed by atoms with Crippen molar-refractivity contribution in [2.45, 2.75) is 50.8 Å². The Kier molecular flexibility index (Phi) is 5.21. The summed E-state index contributed by atoms with van der Waals surface area (Å²) in [5.41, 5.74) is 3.55. The summed E-state index contributed by atoms with van der Waals surface area (Å²) in [6.07, 6.45) is 5.47. The molecule has 2 aliphatic heterocycles. The van der Waals surface area contributed by atoms with Crippen LogP contribution in [0.5, 0.6) is 5.75 Å². The molecule has 1 saturated heterocycles. The second kappa shape index (κ2) is 8.27. The quantitative estimate of drug-likeness (QED) is 0.688. The predicted octanol–water partition coefficient (Wildman–Crippen LogP) is 2.80. The van der Waals surface area contributed by atoms with Gasteiger partial charge in [-0.3, -0.25) is 14.5 Å². The zero-order valence-electron chi connectivity index (χ0n) is 19.5. The molecule has 5 aliphatic rings. The average molecular weight is 462 g/mol. The number of fused-ring (bicyclic) bond motifs is 1. The minimum atomic E-state index is -0.405. The molecule has 3 aliphatic carbocycles. The number of nitrogens with zero attached hydrogens (tertiary/aromatic N) is 3. The third-order valence-corrected chi connectivity index (χ3v) is 7.78. The largest absolute Gasteiger partial charge is 0.478 e. The summed E-state index contributed by atoms with van der Waals surface area (Å²) in [4.78, 5) is 33.8. The second-order valence-corrected chi connectivity index (χ2v) is 10.2. The molecule has 34 heavy (non-hydrogen) atoms. The molecule has 2 N–H and O–H groups in total. The highest BCUT2D eigenvalue weighted by Crippen LogP contribution is 2.56. The molecule has 1 atom stereocenters. The van der Waals surface area contributed by atoms with E-state index in [1.807, 2.05) is 37.4 Å². The van der Waals surface area contributed by atoms with Gasteiger partial charge in [-0.05, 0) is 61.4 Å². The van der Waals surface area contributed by atoms with Gasteiger partial charge in [0.25, 0.3) is 11.8 Å². The number of nitrogens with one attached hydrogen (secondary N) is 2. The third-order valence-electron chi connectivity index (χ3n) is 7.78. The molecule has 2 bridgehead atoms. The molecule has 1 unspecified atom stereocenters. The lowest BCUT2D eigenvalue weighted by Crippen LogP contribution is -2.68. The molecule has 1 aromatic heterocycles. The minimum Gasteiger partial charge on any atom is -0.478 e. The lowest BCUT2D eigenvalue weighted by atomic mass is 9.50. The molecule has 0 spiro atoms. The summed E-state index contributed by atoms with van der Waals surface area (Å²) in [5.74, 6) is 1.46. The number of ether oxygens (including phenoxy) is 1. The van der Waals surface area contributed by atoms with E-state index in [2.05, 4.69) is 31.5 Å². The number of amides is 2. The molecular weight excluding hydrogens is 430 g/mol. The number of carbonyl (C=O) groups is 2. The van der Waals surface area contributed by atoms with Crippen LogP contribution < -0.4 is 20.3 Å². The maximum Gasteiger partial charge on any atom is 0.270 e. The highest BCUT2D eigenvalue weighted by Gasteiger charge is 2.57. The van der Waals surface area contributed by atoms with Crippen LogP contribution in [0.1, 0.15) is 48.7 Å². The van der Waals surface area contributed by atoms with Crippen LogP contribution in [0, 0.1) is 5.92 Å². The van der Waals surface area contributed by atoms with Gasteiger partial charge in [0, 0.05) is 38.3 Å². The van der Waals surface area contributed by atoms with E-state index in [1.54, 1.807) is 0 Å². The SMILES string of the molecule is CCC1Oc2ccc(CN3CCN(c4ccc(C(=O)NC56CC(C5)C6)nc4)CC3)cc2NC1=O. The van der Waals surface area contributed by atoms with Gasteiger partial charge in [-0.15, -0.1) is 0 Å². The van der Waals surface area contributed by atoms with Crippen LogP contribution in [0.25, 0.3) is 0 Å². The fourth-order valence-electron chi connectivity index (χ4n) is 5.63. The van der Waals surface area contributed by atoms with Crippen LogP contribution in [0.15, 0.2) is 36.5 Å². The van der Waals surface area contributed by atoms with Gasteiger partial charge in [0.1, 0.15) is 11.4 Å². The van der Waals surface area contributed by atoms with Gasteiger partial charge in [-0.25, -0.2) is 4.98 Å². The molecule has 1 aromatic carbocycles. The summed E-state index contributed by atoms with van der Waals surface area (Å²) in [5, 5.41) is 6.15. The molecule has 4 fully saturated rings. The number of hydrogen-bond donors (Lipinski definition) is 2. The predicted molar refractivity (Wildman–Crippen MR) is 129 cm³/mol. The van der Waals surface area contributed by atoms with Gasteiger partial charge in [-0.2, -0.15) is 0 Å². The molecule has 2 aromatic rings. The molecule has 8 heteroatoms. The first-order chi connectivity index (χ1) is 16.5. The summed E-state index contributed by atoms with van der Waals surface area (Å²) in [6.45, 7) is 6.45. The monoisotopic (exact) mass is 461 g/mol. The Balaban J connectivity index is 1.02. The Labute approximate surface area is 199 Å². The van der Waals surface area contributed by atoms with E-state index < -0.39 is 6.10 Å². The second-order valence-electron chi connectivity index (χ2n) is 10.2. The van der Waals surface area contributed by atoms with E-state index in [1.165, 1.54) is 0 Å². The number of piperazine rings is 1. The smallest absolute Gasteiger partial charge is 0.270 e. The van der Waals surface area contributed by atoms with Crippen molar-refractivity contribution in [3.63, 3.8) is 0 Å². The van der Waals surface area contributed by atoms with Crippen molar-refractivity contribution in [3.05, 3.63) is 47.8 Å². The van der Waals surface area contributed by atoms with Gasteiger partial charge < -0.3 is 20.3 Å². The number of rotatable bonds is 6. The van der Waals surface area contributed by atoms with Gasteiger partial charge in [0.15, 0.2) is 6.10 Å². The summed E-state index contributed by atoms with van der Waals surface area (Å²) in [6, 6.07) is 9.91. The number of pyridine rings is 1. The van der Waals surface area contributed by atoms with Crippen LogP contribution in [0.2, 0.25) is 0 Å². The average Bonchev–Trinajstić information content (AvgIpc) is 2.80. The van der Waals surface area contributed by atoms with Gasteiger partial charge in [0.2, 0.25) is 0 Å². The first-order valence-electron chi connectivity index (χ1n) is 12.4. The molecule has 2 amide bonds. The van der Waals surface area contributed by atoms with Crippen molar-refractivity contribution in [2.75, 3.05) is 36.4 Å². The molecule has 178 valence electrons. The Bertz CT molecular complexity index is 1090. The topological polar surface area (TPSA) is 86.8 Å². The standard InChI is InChI=1S/C26H31N5O3/c1-2-22-25(33)28-21-11-17(3-6-23(21)34-22)16-30-7-9-31(10-8-30)19-4-5-20(27-15-19)24(32)29-26-12-18(13-26)14-26/h3-6,11,15,18,22H,2,7-10,12-14,16H2,1H3,(H,28,33)(H,29,32). The summed E-state index contributed by atoms with van der Waals surface area (Å²) >= 11 is 0. The molecular formula is C26H31N5O3. The highest BCUT2D eigenvalue weighted by atomic mass is 16.5. The van der Waals surface area contributed by atoms with Crippen LogP contribution in [-0.4, -0.2) is 59.5 Å². The van der Waals surface area contributed by atoms with Crippen molar-refractivity contribution in [1.29, 1.82) is 0 Å². The van der Waals surface area contributed by atoms with E-state index in [4.69, 9.17) is 4.74 Å². The molecule has 0 radical (unpaired) electrons. The number of hydrogen-bond acceptors (Lipinski definition) is 6. The van der Waals surface area contributed by atoms with Gasteiger partial charge in [-0.1, -0.05) is 13.0 Å². The molecule has 8 nitrogen and oxygen atoms in total. The third kappa shape index (κ3) is 3.90. The Morgan fingerprint density at radius 1 is 1.18 bits per heavy atom. The number of aromatic nitrogens is 1. The van der Waals surface area contributed by atoms with Gasteiger partial charge >= 0.3 is 0 Å². The zero-order valence-corrected chi connectivity index (χ0v) is 19.5. The Morgan fingerprint density at radius 2 is 1.97 bits per heavy atom. The molecule has 3 heterocycles. The first kappa shape index (κ1) is 21.4. The van der Waals surface area contributed by atoms with Gasteiger partial charge in [0.05, 0.1) is 17.6 Å². The van der Waals surface area contributed by atoms with Crippen molar-refractivity contribution in [2.24, 2.45) is 5.92 Å². The van der Waals surface area contributed by atoms with Crippen molar-refractivity contribution in [3.8, 4) is 5.75 Å². The number of benzene rings is 1. The van der Waals surface area contributed by atoms with E-state index in [0.29, 0.717) is 12.1 Å². The highest BCUT2D eigenvalue weighted by molar-refractivity contribution is 5.97. The van der Waals surface area contributed by atoms with Crippen molar-refractivity contribution < 1.29 is 14.3 Å². The van der Waals surface area contributed by atoms with E-state index in [9.17, 15) is 9.59 Å². The Hall–Kier alpha value is -3.13. The fourth-order valence-corrected chi connectivity index (χ4v) is 5.63. The van der Waals surface area contributed by atoms with E-state index >= 15 is 0 Å². The van der Waals surface area contributed by atoms with Crippen LogP contribution in [0.4, 0.5) is 11.4 Å². The minimum absolute atomic E-state index is 0.0497. The number of anilines is 2. The normalized spacial score (nSPS) is 27.6. The van der Waals surface area contributed by atoms with E-state index in [-0.39, 0.29) is 17.4 Å². The maximum absolute atomic E-state index is 12.5. The Morgan fingerprint density at radius 3 is 2.62 bits per heavy atom. The number of carbonyl (C=O) groups excluding carboxylic acids is 2. The van der Waals surface area contributed by atoms with E-state index in [0.717, 1.165) is 80.6 Å².